The number of nitrogens with one attached hydrogen (secondary N) is 1. The number of hydrogen-bond donors (Lipinski definition) is 2. The molecule has 17 heavy (non-hydrogen) atoms. The van der Waals surface area contributed by atoms with Crippen LogP contribution >= 0.6 is 0 Å². The molecule has 0 aliphatic carbocycles. The van der Waals surface area contributed by atoms with Crippen molar-refractivity contribution in [3.8, 4) is 5.75 Å². The van der Waals surface area contributed by atoms with Crippen LogP contribution in [0, 0.1) is 0 Å². The van der Waals surface area contributed by atoms with E-state index in [9.17, 15) is 4.79 Å². The van der Waals surface area contributed by atoms with Gasteiger partial charge in [0.1, 0.15) is 5.75 Å². The molecule has 0 spiro atoms. The normalized spacial score (nSPS) is 14.0. The third-order valence-corrected chi connectivity index (χ3v) is 3.15. The lowest BCUT2D eigenvalue weighted by molar-refractivity contribution is 0.192. The zero-order valence-electron chi connectivity index (χ0n) is 10.1. The van der Waals surface area contributed by atoms with Gasteiger partial charge in [0.25, 0.3) is 0 Å². The van der Waals surface area contributed by atoms with Crippen molar-refractivity contribution in [1.82, 2.24) is 5.32 Å². The van der Waals surface area contributed by atoms with Crippen molar-refractivity contribution in [1.29, 1.82) is 0 Å². The Bertz CT molecular complexity index is 440. The Hall–Kier alpha value is -1.71. The summed E-state index contributed by atoms with van der Waals surface area (Å²) in [7, 11) is 0. The van der Waals surface area contributed by atoms with Gasteiger partial charge in [0.15, 0.2) is 0 Å². The summed E-state index contributed by atoms with van der Waals surface area (Å²) in [4.78, 5) is 10.5. The molecule has 1 amide bonds. The monoisotopic (exact) mass is 235 g/mol. The fourth-order valence-electron chi connectivity index (χ4n) is 2.01. The topological polar surface area (TPSA) is 58.6 Å². The number of ether oxygens (including phenoxy) is 1. The van der Waals surface area contributed by atoms with E-state index in [1.54, 1.807) is 0 Å². The van der Waals surface area contributed by atoms with Crippen LogP contribution in [0.5, 0.6) is 5.75 Å². The number of hydrogen-bond acceptors (Lipinski definition) is 2. The van der Waals surface area contributed by atoms with Gasteiger partial charge in [-0.2, -0.15) is 0 Å². The van der Waals surface area contributed by atoms with E-state index in [4.69, 9.17) is 9.84 Å². The van der Waals surface area contributed by atoms with Gasteiger partial charge in [0.2, 0.25) is 0 Å². The molecule has 0 radical (unpaired) electrons. The molecule has 0 saturated heterocycles. The van der Waals surface area contributed by atoms with Gasteiger partial charge in [-0.1, -0.05) is 26.0 Å². The second-order valence-electron chi connectivity index (χ2n) is 4.96. The number of benzene rings is 1. The minimum Gasteiger partial charge on any atom is -0.493 e. The van der Waals surface area contributed by atoms with Crippen molar-refractivity contribution < 1.29 is 14.6 Å². The summed E-state index contributed by atoms with van der Waals surface area (Å²) in [6.45, 7) is 5.20. The maximum atomic E-state index is 10.5. The van der Waals surface area contributed by atoms with Crippen LogP contribution in [-0.2, 0) is 11.8 Å². The molecule has 0 saturated carbocycles. The van der Waals surface area contributed by atoms with Gasteiger partial charge in [0, 0.05) is 18.4 Å². The Labute approximate surface area is 101 Å². The summed E-state index contributed by atoms with van der Waals surface area (Å²) < 4.78 is 5.45. The third kappa shape index (κ3) is 2.52. The largest absolute Gasteiger partial charge is 0.493 e. The van der Waals surface area contributed by atoms with E-state index < -0.39 is 6.09 Å². The first-order chi connectivity index (χ1) is 7.99. The van der Waals surface area contributed by atoms with E-state index in [-0.39, 0.29) is 5.41 Å². The molecular formula is C13H17NO3. The van der Waals surface area contributed by atoms with Crippen LogP contribution < -0.4 is 10.1 Å². The Morgan fingerprint density at radius 3 is 3.00 bits per heavy atom. The quantitative estimate of drug-likeness (QED) is 0.844. The summed E-state index contributed by atoms with van der Waals surface area (Å²) in [5.41, 5.74) is 2.14. The van der Waals surface area contributed by atoms with Crippen LogP contribution in [0.15, 0.2) is 18.2 Å². The highest BCUT2D eigenvalue weighted by Gasteiger charge is 2.23. The summed E-state index contributed by atoms with van der Waals surface area (Å²) in [6, 6.07) is 6.10. The van der Waals surface area contributed by atoms with E-state index in [0.717, 1.165) is 24.3 Å². The summed E-state index contributed by atoms with van der Waals surface area (Å²) >= 11 is 0. The highest BCUT2D eigenvalue weighted by atomic mass is 16.5. The Kier molecular flexibility index (Phi) is 2.96. The molecule has 1 heterocycles. The average molecular weight is 235 g/mol. The number of amides is 1. The molecule has 1 aromatic rings. The first-order valence-electron chi connectivity index (χ1n) is 5.72. The van der Waals surface area contributed by atoms with E-state index in [1.807, 2.05) is 26.0 Å². The first-order valence-corrected chi connectivity index (χ1v) is 5.72. The van der Waals surface area contributed by atoms with Gasteiger partial charge in [-0.25, -0.2) is 4.79 Å². The predicted octanol–water partition coefficient (Wildman–Crippen LogP) is 2.17. The number of fused-ring (bicyclic) bond motifs is 1. The molecule has 4 nitrogen and oxygen atoms in total. The molecule has 1 aliphatic heterocycles. The Morgan fingerprint density at radius 2 is 2.29 bits per heavy atom. The molecule has 1 aromatic carbocycles. The number of carboxylic acid groups (broad SMARTS) is 1. The minimum atomic E-state index is -0.984. The van der Waals surface area contributed by atoms with E-state index in [0.29, 0.717) is 6.54 Å². The molecule has 2 rings (SSSR count). The van der Waals surface area contributed by atoms with Gasteiger partial charge < -0.3 is 15.2 Å². The SMILES string of the molecule is CC(C)(CNC(=O)O)c1ccc2c(c1)CCO2. The number of rotatable bonds is 3. The summed E-state index contributed by atoms with van der Waals surface area (Å²) in [6.07, 6.45) is -0.0476. The molecule has 1 aliphatic rings. The standard InChI is InChI=1S/C13H17NO3/c1-13(2,8-14-12(15)16)10-3-4-11-9(7-10)5-6-17-11/h3-4,7,14H,5-6,8H2,1-2H3,(H,15,16). The van der Waals surface area contributed by atoms with Crippen LogP contribution in [0.25, 0.3) is 0 Å². The average Bonchev–Trinajstić information content (AvgIpc) is 2.73. The maximum Gasteiger partial charge on any atom is 0.404 e. The maximum absolute atomic E-state index is 10.5. The fourth-order valence-corrected chi connectivity index (χ4v) is 2.01. The number of carbonyl (C=O) groups is 1. The zero-order chi connectivity index (χ0) is 12.5. The molecule has 0 aromatic heterocycles. The van der Waals surface area contributed by atoms with Crippen molar-refractivity contribution in [3.05, 3.63) is 29.3 Å². The van der Waals surface area contributed by atoms with Crippen LogP contribution in [0.3, 0.4) is 0 Å². The lowest BCUT2D eigenvalue weighted by Crippen LogP contribution is -2.35. The zero-order valence-corrected chi connectivity index (χ0v) is 10.1. The molecule has 92 valence electrons. The lowest BCUT2D eigenvalue weighted by atomic mass is 9.83. The lowest BCUT2D eigenvalue weighted by Gasteiger charge is -2.25. The van der Waals surface area contributed by atoms with E-state index in [2.05, 4.69) is 11.4 Å². The smallest absolute Gasteiger partial charge is 0.404 e. The van der Waals surface area contributed by atoms with E-state index >= 15 is 0 Å². The molecule has 0 bridgehead atoms. The van der Waals surface area contributed by atoms with Crippen molar-refractivity contribution >= 4 is 6.09 Å². The molecule has 4 heteroatoms. The van der Waals surface area contributed by atoms with Crippen molar-refractivity contribution in [2.24, 2.45) is 0 Å². The van der Waals surface area contributed by atoms with Crippen LogP contribution in [0.1, 0.15) is 25.0 Å². The Morgan fingerprint density at radius 1 is 1.53 bits per heavy atom. The second kappa shape index (κ2) is 4.28. The Balaban J connectivity index is 2.18. The van der Waals surface area contributed by atoms with Crippen LogP contribution in [0.2, 0.25) is 0 Å². The van der Waals surface area contributed by atoms with Gasteiger partial charge in [-0.05, 0) is 17.2 Å². The van der Waals surface area contributed by atoms with Gasteiger partial charge in [0.05, 0.1) is 6.61 Å². The fraction of sp³-hybridized carbons (Fsp3) is 0.462. The molecular weight excluding hydrogens is 218 g/mol. The van der Waals surface area contributed by atoms with Crippen molar-refractivity contribution in [2.45, 2.75) is 25.7 Å². The van der Waals surface area contributed by atoms with Crippen LogP contribution in [-0.4, -0.2) is 24.4 Å². The highest BCUT2D eigenvalue weighted by Crippen LogP contribution is 2.31. The first kappa shape index (κ1) is 11.8. The van der Waals surface area contributed by atoms with Crippen LogP contribution in [0.4, 0.5) is 4.79 Å². The predicted molar refractivity (Wildman–Crippen MR) is 64.7 cm³/mol. The summed E-state index contributed by atoms with van der Waals surface area (Å²) in [5.74, 6) is 0.954. The molecule has 2 N–H and O–H groups in total. The van der Waals surface area contributed by atoms with Crippen molar-refractivity contribution in [2.75, 3.05) is 13.2 Å². The van der Waals surface area contributed by atoms with Gasteiger partial charge in [-0.3, -0.25) is 0 Å². The molecule has 0 atom stereocenters. The minimum absolute atomic E-state index is 0.212. The van der Waals surface area contributed by atoms with Crippen molar-refractivity contribution in [3.63, 3.8) is 0 Å². The third-order valence-electron chi connectivity index (χ3n) is 3.15. The van der Waals surface area contributed by atoms with E-state index in [1.165, 1.54) is 5.56 Å². The molecule has 0 fully saturated rings. The highest BCUT2D eigenvalue weighted by molar-refractivity contribution is 5.64. The van der Waals surface area contributed by atoms with Gasteiger partial charge in [-0.15, -0.1) is 0 Å². The molecule has 0 unspecified atom stereocenters. The second-order valence-corrected chi connectivity index (χ2v) is 4.96. The summed E-state index contributed by atoms with van der Waals surface area (Å²) in [5, 5.41) is 11.1. The van der Waals surface area contributed by atoms with Gasteiger partial charge >= 0.3 is 6.09 Å².